The van der Waals surface area contributed by atoms with Crippen LogP contribution in [-0.2, 0) is 28.5 Å². The Morgan fingerprint density at radius 2 is 1.42 bits per heavy atom. The van der Waals surface area contributed by atoms with Crippen LogP contribution in [0.2, 0.25) is 0 Å². The smallest absolute Gasteiger partial charge is 0.408 e. The van der Waals surface area contributed by atoms with Gasteiger partial charge in [-0.3, -0.25) is 0 Å². The first-order valence-electron chi connectivity index (χ1n) is 7.88. The van der Waals surface area contributed by atoms with Gasteiger partial charge in [0.2, 0.25) is 0 Å². The fourth-order valence-electron chi connectivity index (χ4n) is 2.40. The summed E-state index contributed by atoms with van der Waals surface area (Å²) in [5.74, 6) is -2.03. The number of methoxy groups -OCH3 is 3. The van der Waals surface area contributed by atoms with E-state index in [1.165, 1.54) is 0 Å². The van der Waals surface area contributed by atoms with E-state index in [1.54, 1.807) is 51.1 Å². The predicted molar refractivity (Wildman–Crippen MR) is 92.3 cm³/mol. The lowest BCUT2D eigenvalue weighted by molar-refractivity contribution is -0.188. The largest absolute Gasteiger partial charge is 0.466 e. The molecule has 0 aromatic heterocycles. The second kappa shape index (κ2) is 8.66. The number of hydrogen-bond acceptors (Lipinski definition) is 7. The van der Waals surface area contributed by atoms with Gasteiger partial charge in [-0.05, 0) is 26.3 Å². The molecule has 26 heavy (non-hydrogen) atoms. The molecule has 0 aliphatic rings. The molecule has 0 bridgehead atoms. The number of amides is 1. The summed E-state index contributed by atoms with van der Waals surface area (Å²) in [6.07, 6.45) is -0.833. The van der Waals surface area contributed by atoms with Crippen LogP contribution in [0, 0.1) is 0 Å². The summed E-state index contributed by atoms with van der Waals surface area (Å²) < 4.78 is 20.0. The molecule has 1 atom stereocenters. The van der Waals surface area contributed by atoms with Crippen LogP contribution in [0.4, 0.5) is 4.79 Å². The van der Waals surface area contributed by atoms with Gasteiger partial charge in [0.05, 0.1) is 14.2 Å². The number of hydrogen-bond donors (Lipinski definition) is 1. The predicted octanol–water partition coefficient (Wildman–Crippen LogP) is 1.98. The first-order chi connectivity index (χ1) is 12.1. The lowest BCUT2D eigenvalue weighted by Gasteiger charge is -2.35. The van der Waals surface area contributed by atoms with Gasteiger partial charge in [-0.1, -0.05) is 30.3 Å². The second-order valence-corrected chi connectivity index (χ2v) is 6.41. The van der Waals surface area contributed by atoms with Crippen molar-refractivity contribution in [2.45, 2.75) is 38.0 Å². The van der Waals surface area contributed by atoms with E-state index < -0.39 is 35.3 Å². The topological polar surface area (TPSA) is 100 Å². The molecule has 1 aromatic rings. The van der Waals surface area contributed by atoms with Gasteiger partial charge in [0.1, 0.15) is 11.6 Å². The molecule has 8 nitrogen and oxygen atoms in total. The molecule has 0 radical (unpaired) electrons. The number of alkyl carbamates (subject to hydrolysis) is 1. The molecule has 1 N–H and O–H groups in total. The molecular formula is C18H25NO7. The van der Waals surface area contributed by atoms with Crippen molar-refractivity contribution >= 4 is 18.0 Å². The van der Waals surface area contributed by atoms with Crippen LogP contribution >= 0.6 is 0 Å². The number of esters is 2. The summed E-state index contributed by atoms with van der Waals surface area (Å²) in [4.78, 5) is 37.3. The van der Waals surface area contributed by atoms with Crippen molar-refractivity contribution in [3.8, 4) is 0 Å². The van der Waals surface area contributed by atoms with E-state index >= 15 is 0 Å². The SMILES string of the molecule is COC(=O)C(OC)(C(=O)OC)C(NC(=O)OC(C)(C)C)c1ccccc1. The number of ether oxygens (including phenoxy) is 4. The highest BCUT2D eigenvalue weighted by atomic mass is 16.6. The maximum absolute atomic E-state index is 12.5. The van der Waals surface area contributed by atoms with E-state index in [0.717, 1.165) is 21.3 Å². The van der Waals surface area contributed by atoms with Crippen molar-refractivity contribution in [1.82, 2.24) is 5.32 Å². The van der Waals surface area contributed by atoms with Crippen LogP contribution in [0.3, 0.4) is 0 Å². The van der Waals surface area contributed by atoms with Crippen LogP contribution in [0.15, 0.2) is 30.3 Å². The third kappa shape index (κ3) is 4.72. The van der Waals surface area contributed by atoms with Gasteiger partial charge in [0.25, 0.3) is 5.60 Å². The molecule has 0 saturated heterocycles. The van der Waals surface area contributed by atoms with Gasteiger partial charge in [-0.2, -0.15) is 0 Å². The first kappa shape index (κ1) is 21.4. The Hall–Kier alpha value is -2.61. The Kier molecular flexibility index (Phi) is 7.14. The van der Waals surface area contributed by atoms with E-state index in [-0.39, 0.29) is 0 Å². The number of nitrogens with one attached hydrogen (secondary N) is 1. The maximum atomic E-state index is 12.5. The molecular weight excluding hydrogens is 342 g/mol. The average Bonchev–Trinajstić information content (AvgIpc) is 2.60. The van der Waals surface area contributed by atoms with Crippen LogP contribution in [0.25, 0.3) is 0 Å². The van der Waals surface area contributed by atoms with E-state index in [0.29, 0.717) is 5.56 Å². The molecule has 0 spiro atoms. The molecule has 8 heteroatoms. The van der Waals surface area contributed by atoms with Crippen molar-refractivity contribution in [3.63, 3.8) is 0 Å². The zero-order valence-corrected chi connectivity index (χ0v) is 15.8. The van der Waals surface area contributed by atoms with Gasteiger partial charge in [0, 0.05) is 7.11 Å². The zero-order chi connectivity index (χ0) is 20.0. The van der Waals surface area contributed by atoms with Crippen molar-refractivity contribution in [2.24, 2.45) is 0 Å². The zero-order valence-electron chi connectivity index (χ0n) is 15.8. The standard InChI is InChI=1S/C18H25NO7/c1-17(2,3)26-16(22)19-13(12-10-8-7-9-11-12)18(25-6,14(20)23-4)15(21)24-5/h7-11,13H,1-6H3,(H,19,22). The van der Waals surface area contributed by atoms with E-state index in [4.69, 9.17) is 18.9 Å². The quantitative estimate of drug-likeness (QED) is 0.466. The summed E-state index contributed by atoms with van der Waals surface area (Å²) >= 11 is 0. The Morgan fingerprint density at radius 3 is 1.81 bits per heavy atom. The van der Waals surface area contributed by atoms with Crippen molar-refractivity contribution in [2.75, 3.05) is 21.3 Å². The molecule has 1 amide bonds. The lowest BCUT2D eigenvalue weighted by Crippen LogP contribution is -2.59. The van der Waals surface area contributed by atoms with Crippen molar-refractivity contribution in [3.05, 3.63) is 35.9 Å². The number of carbonyl (C=O) groups excluding carboxylic acids is 3. The number of benzene rings is 1. The fourth-order valence-corrected chi connectivity index (χ4v) is 2.40. The van der Waals surface area contributed by atoms with E-state index in [9.17, 15) is 14.4 Å². The molecule has 1 unspecified atom stereocenters. The first-order valence-corrected chi connectivity index (χ1v) is 7.88. The van der Waals surface area contributed by atoms with Crippen LogP contribution in [0.5, 0.6) is 0 Å². The minimum atomic E-state index is -2.25. The highest BCUT2D eigenvalue weighted by Crippen LogP contribution is 2.32. The summed E-state index contributed by atoms with van der Waals surface area (Å²) in [5.41, 5.74) is -2.60. The molecule has 144 valence electrons. The van der Waals surface area contributed by atoms with Crippen LogP contribution < -0.4 is 5.32 Å². The molecule has 1 rings (SSSR count). The van der Waals surface area contributed by atoms with Crippen LogP contribution in [0.1, 0.15) is 32.4 Å². The molecule has 0 fully saturated rings. The molecule has 0 aliphatic heterocycles. The third-order valence-corrected chi connectivity index (χ3v) is 3.50. The number of rotatable bonds is 6. The highest BCUT2D eigenvalue weighted by Gasteiger charge is 2.57. The van der Waals surface area contributed by atoms with Gasteiger partial charge in [-0.15, -0.1) is 0 Å². The minimum absolute atomic E-state index is 0.427. The van der Waals surface area contributed by atoms with Gasteiger partial charge < -0.3 is 24.3 Å². The minimum Gasteiger partial charge on any atom is -0.466 e. The second-order valence-electron chi connectivity index (χ2n) is 6.41. The Labute approximate surface area is 152 Å². The van der Waals surface area contributed by atoms with E-state index in [1.807, 2.05) is 0 Å². The molecule has 0 heterocycles. The van der Waals surface area contributed by atoms with E-state index in [2.05, 4.69) is 5.32 Å². The van der Waals surface area contributed by atoms with Crippen LogP contribution in [-0.4, -0.2) is 50.6 Å². The summed E-state index contributed by atoms with van der Waals surface area (Å²) in [6.45, 7) is 5.07. The van der Waals surface area contributed by atoms with Crippen molar-refractivity contribution < 1.29 is 33.3 Å². The summed E-state index contributed by atoms with van der Waals surface area (Å²) in [6, 6.07) is 7.13. The number of carbonyl (C=O) groups is 3. The van der Waals surface area contributed by atoms with Gasteiger partial charge in [0.15, 0.2) is 0 Å². The summed E-state index contributed by atoms with van der Waals surface area (Å²) in [7, 11) is 3.36. The maximum Gasteiger partial charge on any atom is 0.408 e. The van der Waals surface area contributed by atoms with Gasteiger partial charge in [-0.25, -0.2) is 14.4 Å². The monoisotopic (exact) mass is 367 g/mol. The molecule has 0 saturated carbocycles. The third-order valence-electron chi connectivity index (χ3n) is 3.50. The molecule has 0 aliphatic carbocycles. The molecule has 1 aromatic carbocycles. The normalized spacial score (nSPS) is 12.7. The Morgan fingerprint density at radius 1 is 0.923 bits per heavy atom. The highest BCUT2D eigenvalue weighted by molar-refractivity contribution is 6.05. The lowest BCUT2D eigenvalue weighted by atomic mass is 9.88. The average molecular weight is 367 g/mol. The fraction of sp³-hybridized carbons (Fsp3) is 0.500. The Bertz CT molecular complexity index is 621. The van der Waals surface area contributed by atoms with Crippen molar-refractivity contribution in [1.29, 1.82) is 0 Å². The Balaban J connectivity index is 3.47. The van der Waals surface area contributed by atoms with Gasteiger partial charge >= 0.3 is 18.0 Å². The summed E-state index contributed by atoms with van der Waals surface area (Å²) in [5, 5.41) is 2.52.